The molecule has 6 nitrogen and oxygen atoms in total. The lowest BCUT2D eigenvalue weighted by molar-refractivity contribution is -0.141. The first-order chi connectivity index (χ1) is 13.0. The van der Waals surface area contributed by atoms with Crippen LogP contribution in [0.2, 0.25) is 18.1 Å². The average molecular weight is 408 g/mol. The second-order valence-electron chi connectivity index (χ2n) is 8.86. The van der Waals surface area contributed by atoms with Crippen molar-refractivity contribution in [2.75, 3.05) is 13.7 Å². The Morgan fingerprint density at radius 3 is 2.39 bits per heavy atom. The fourth-order valence-electron chi connectivity index (χ4n) is 3.05. The number of carbonyl (C=O) groups is 2. The Hall–Kier alpha value is -1.86. The zero-order valence-electron chi connectivity index (χ0n) is 17.9. The molecule has 7 heteroatoms. The number of ether oxygens (including phenoxy) is 2. The standard InChI is InChI=1S/C21H33NO5Si/c1-21(2,3)28(5,6)27-18-12-17(13-19(23)25-4)22(14-18)20(24)26-15-16-10-8-7-9-11-16/h7-11,17-18H,12-15H2,1-6H3/t17-,18-/m1/s1. The number of amides is 1. The Morgan fingerprint density at radius 2 is 1.82 bits per heavy atom. The molecule has 0 aromatic heterocycles. The van der Waals surface area contributed by atoms with Crippen LogP contribution in [-0.2, 0) is 25.3 Å². The normalized spacial score (nSPS) is 20.1. The summed E-state index contributed by atoms with van der Waals surface area (Å²) in [5, 5.41) is 0.0755. The van der Waals surface area contributed by atoms with E-state index in [1.54, 1.807) is 4.90 Å². The molecule has 1 fully saturated rings. The summed E-state index contributed by atoms with van der Waals surface area (Å²) in [5.74, 6) is -0.334. The van der Waals surface area contributed by atoms with E-state index in [1.807, 2.05) is 30.3 Å². The van der Waals surface area contributed by atoms with Crippen molar-refractivity contribution in [2.24, 2.45) is 0 Å². The smallest absolute Gasteiger partial charge is 0.410 e. The van der Waals surface area contributed by atoms with Gasteiger partial charge in [-0.05, 0) is 30.1 Å². The van der Waals surface area contributed by atoms with Gasteiger partial charge in [-0.3, -0.25) is 4.79 Å². The Kier molecular flexibility index (Phi) is 7.28. The van der Waals surface area contributed by atoms with Gasteiger partial charge in [-0.25, -0.2) is 4.79 Å². The molecule has 1 aromatic carbocycles. The SMILES string of the molecule is COC(=O)C[C@H]1C[C@@H](O[Si](C)(C)C(C)(C)C)CN1C(=O)OCc1ccccc1. The first-order valence-corrected chi connectivity index (χ1v) is 12.7. The summed E-state index contributed by atoms with van der Waals surface area (Å²) in [5.41, 5.74) is 0.925. The molecule has 2 atom stereocenters. The van der Waals surface area contributed by atoms with E-state index in [-0.39, 0.29) is 36.2 Å². The molecule has 1 amide bonds. The minimum absolute atomic E-state index is 0.0755. The van der Waals surface area contributed by atoms with Crippen LogP contribution in [0.1, 0.15) is 39.2 Å². The Morgan fingerprint density at radius 1 is 1.18 bits per heavy atom. The second-order valence-corrected chi connectivity index (χ2v) is 13.6. The summed E-state index contributed by atoms with van der Waals surface area (Å²) < 4.78 is 16.8. The third-order valence-corrected chi connectivity index (χ3v) is 10.2. The molecule has 156 valence electrons. The van der Waals surface area contributed by atoms with Crippen LogP contribution in [0.15, 0.2) is 30.3 Å². The average Bonchev–Trinajstić information content (AvgIpc) is 3.01. The zero-order valence-corrected chi connectivity index (χ0v) is 18.9. The molecule has 0 saturated carbocycles. The maximum absolute atomic E-state index is 12.7. The van der Waals surface area contributed by atoms with Gasteiger partial charge in [0.2, 0.25) is 0 Å². The Bertz CT molecular complexity index is 671. The van der Waals surface area contributed by atoms with Crippen LogP contribution in [-0.4, -0.2) is 51.1 Å². The van der Waals surface area contributed by atoms with Crippen molar-refractivity contribution in [2.45, 2.75) is 70.5 Å². The molecule has 2 rings (SSSR count). The number of benzene rings is 1. The number of nitrogens with zero attached hydrogens (tertiary/aromatic N) is 1. The molecule has 1 aliphatic heterocycles. The van der Waals surface area contributed by atoms with Crippen molar-refractivity contribution in [3.8, 4) is 0 Å². The van der Waals surface area contributed by atoms with Crippen LogP contribution in [0.25, 0.3) is 0 Å². The lowest BCUT2D eigenvalue weighted by atomic mass is 10.1. The van der Waals surface area contributed by atoms with Gasteiger partial charge in [0.05, 0.1) is 19.6 Å². The van der Waals surface area contributed by atoms with Crippen molar-refractivity contribution < 1.29 is 23.5 Å². The Labute approximate surface area is 169 Å². The van der Waals surface area contributed by atoms with Crippen molar-refractivity contribution in [3.63, 3.8) is 0 Å². The highest BCUT2D eigenvalue weighted by molar-refractivity contribution is 6.74. The highest BCUT2D eigenvalue weighted by Gasteiger charge is 2.44. The van der Waals surface area contributed by atoms with Gasteiger partial charge in [0, 0.05) is 12.6 Å². The minimum atomic E-state index is -1.98. The van der Waals surface area contributed by atoms with Crippen LogP contribution >= 0.6 is 0 Å². The molecule has 0 spiro atoms. The Balaban J connectivity index is 2.05. The van der Waals surface area contributed by atoms with Crippen molar-refractivity contribution in [1.29, 1.82) is 0 Å². The van der Waals surface area contributed by atoms with Gasteiger partial charge in [-0.1, -0.05) is 51.1 Å². The molecule has 0 bridgehead atoms. The van der Waals surface area contributed by atoms with Crippen molar-refractivity contribution in [3.05, 3.63) is 35.9 Å². The lowest BCUT2D eigenvalue weighted by Crippen LogP contribution is -2.44. The summed E-state index contributed by atoms with van der Waals surface area (Å²) in [6.07, 6.45) is 0.245. The van der Waals surface area contributed by atoms with Crippen molar-refractivity contribution in [1.82, 2.24) is 4.90 Å². The van der Waals surface area contributed by atoms with E-state index in [0.717, 1.165) is 5.56 Å². The number of likely N-dealkylation sites (tertiary alicyclic amines) is 1. The quantitative estimate of drug-likeness (QED) is 0.518. The minimum Gasteiger partial charge on any atom is -0.469 e. The molecule has 0 N–H and O–H groups in total. The van der Waals surface area contributed by atoms with Crippen LogP contribution in [0, 0.1) is 0 Å². The molecule has 1 aromatic rings. The van der Waals surface area contributed by atoms with Gasteiger partial charge in [0.1, 0.15) is 6.61 Å². The largest absolute Gasteiger partial charge is 0.469 e. The van der Waals surface area contributed by atoms with Gasteiger partial charge in [0.25, 0.3) is 0 Å². The maximum Gasteiger partial charge on any atom is 0.410 e. The molecule has 1 saturated heterocycles. The number of rotatable bonds is 6. The predicted molar refractivity (Wildman–Crippen MR) is 110 cm³/mol. The van der Waals surface area contributed by atoms with Crippen LogP contribution in [0.4, 0.5) is 4.79 Å². The first-order valence-electron chi connectivity index (χ1n) is 9.75. The molecule has 0 aliphatic carbocycles. The topological polar surface area (TPSA) is 65.1 Å². The summed E-state index contributed by atoms with van der Waals surface area (Å²) in [4.78, 5) is 26.2. The van der Waals surface area contributed by atoms with Gasteiger partial charge >= 0.3 is 12.1 Å². The van der Waals surface area contributed by atoms with Crippen molar-refractivity contribution >= 4 is 20.4 Å². The second kappa shape index (κ2) is 9.09. The first kappa shape index (κ1) is 22.4. The van der Waals surface area contributed by atoms with Gasteiger partial charge in [-0.15, -0.1) is 0 Å². The summed E-state index contributed by atoms with van der Waals surface area (Å²) in [7, 11) is -0.618. The number of hydrogen-bond acceptors (Lipinski definition) is 5. The van der Waals surface area contributed by atoms with Crippen LogP contribution < -0.4 is 0 Å². The van der Waals surface area contributed by atoms with E-state index >= 15 is 0 Å². The number of esters is 1. The number of hydrogen-bond donors (Lipinski definition) is 0. The summed E-state index contributed by atoms with van der Waals surface area (Å²) in [6, 6.07) is 9.27. The van der Waals surface area contributed by atoms with E-state index in [0.29, 0.717) is 13.0 Å². The molecule has 0 radical (unpaired) electrons. The van der Waals surface area contributed by atoms with Gasteiger partial charge < -0.3 is 18.8 Å². The van der Waals surface area contributed by atoms with Gasteiger partial charge in [-0.2, -0.15) is 0 Å². The lowest BCUT2D eigenvalue weighted by Gasteiger charge is -2.38. The molecule has 0 unspecified atom stereocenters. The number of carbonyl (C=O) groups excluding carboxylic acids is 2. The summed E-state index contributed by atoms with van der Waals surface area (Å²) >= 11 is 0. The third-order valence-electron chi connectivity index (χ3n) is 5.71. The van der Waals surface area contributed by atoms with Crippen LogP contribution in [0.3, 0.4) is 0 Å². The highest BCUT2D eigenvalue weighted by Crippen LogP contribution is 2.39. The maximum atomic E-state index is 12.7. The molecular weight excluding hydrogens is 374 g/mol. The zero-order chi connectivity index (χ0) is 20.9. The van der Waals surface area contributed by atoms with Crippen LogP contribution in [0.5, 0.6) is 0 Å². The number of methoxy groups -OCH3 is 1. The van der Waals surface area contributed by atoms with E-state index in [1.165, 1.54) is 7.11 Å². The van der Waals surface area contributed by atoms with E-state index in [2.05, 4.69) is 33.9 Å². The molecule has 1 heterocycles. The molecular formula is C21H33NO5Si. The van der Waals surface area contributed by atoms with E-state index in [4.69, 9.17) is 13.9 Å². The predicted octanol–water partition coefficient (Wildman–Crippen LogP) is 4.35. The third kappa shape index (κ3) is 5.82. The monoisotopic (exact) mass is 407 g/mol. The summed E-state index contributed by atoms with van der Waals surface area (Å²) in [6.45, 7) is 11.6. The fraction of sp³-hybridized carbons (Fsp3) is 0.619. The molecule has 28 heavy (non-hydrogen) atoms. The molecule has 1 aliphatic rings. The van der Waals surface area contributed by atoms with Gasteiger partial charge in [0.15, 0.2) is 8.32 Å². The fourth-order valence-corrected chi connectivity index (χ4v) is 4.41. The van der Waals surface area contributed by atoms with E-state index < -0.39 is 14.4 Å². The van der Waals surface area contributed by atoms with E-state index in [9.17, 15) is 9.59 Å². The highest BCUT2D eigenvalue weighted by atomic mass is 28.4.